The molecule has 166 valence electrons. The Kier molecular flexibility index (Phi) is 6.48. The standard InChI is InChI=1S/C24H16BrClN2O5/c1-2-10-32-24(31)18-11-14(6-8-20(18)26)21-9-7-17(33-21)13-19-22(29)27-28(23(19)30)16-5-3-4-15(25)12-16/h2-9,11-13H,1,10H2,(H,27,29)/b19-13-. The third kappa shape index (κ3) is 4.76. The smallest absolute Gasteiger partial charge is 0.339 e. The summed E-state index contributed by atoms with van der Waals surface area (Å²) in [5.74, 6) is -0.917. The van der Waals surface area contributed by atoms with Gasteiger partial charge >= 0.3 is 5.97 Å². The average Bonchev–Trinajstić information content (AvgIpc) is 3.38. The van der Waals surface area contributed by atoms with Crippen molar-refractivity contribution in [3.63, 3.8) is 0 Å². The summed E-state index contributed by atoms with van der Waals surface area (Å²) in [4.78, 5) is 37.4. The van der Waals surface area contributed by atoms with Gasteiger partial charge in [-0.3, -0.25) is 15.0 Å². The van der Waals surface area contributed by atoms with Crippen LogP contribution in [0, 0.1) is 0 Å². The summed E-state index contributed by atoms with van der Waals surface area (Å²) in [6.07, 6.45) is 2.83. The highest BCUT2D eigenvalue weighted by molar-refractivity contribution is 9.10. The van der Waals surface area contributed by atoms with E-state index in [9.17, 15) is 14.4 Å². The van der Waals surface area contributed by atoms with Crippen LogP contribution in [0.25, 0.3) is 17.4 Å². The maximum atomic E-state index is 12.8. The van der Waals surface area contributed by atoms with Crippen molar-refractivity contribution in [3.8, 4) is 11.3 Å². The normalized spacial score (nSPS) is 14.5. The molecule has 1 N–H and O–H groups in total. The highest BCUT2D eigenvalue weighted by Gasteiger charge is 2.34. The first kappa shape index (κ1) is 22.6. The van der Waals surface area contributed by atoms with E-state index in [0.29, 0.717) is 22.8 Å². The zero-order valence-corrected chi connectivity index (χ0v) is 19.4. The van der Waals surface area contributed by atoms with Gasteiger partial charge in [-0.05, 0) is 54.6 Å². The van der Waals surface area contributed by atoms with Crippen molar-refractivity contribution in [1.29, 1.82) is 0 Å². The van der Waals surface area contributed by atoms with Crippen molar-refractivity contribution in [1.82, 2.24) is 5.43 Å². The largest absolute Gasteiger partial charge is 0.458 e. The van der Waals surface area contributed by atoms with Gasteiger partial charge in [0.1, 0.15) is 23.7 Å². The van der Waals surface area contributed by atoms with Crippen LogP contribution in [-0.4, -0.2) is 24.4 Å². The number of carbonyl (C=O) groups excluding carboxylic acids is 3. The zero-order valence-electron chi connectivity index (χ0n) is 17.0. The fourth-order valence-corrected chi connectivity index (χ4v) is 3.71. The van der Waals surface area contributed by atoms with Crippen LogP contribution in [-0.2, 0) is 14.3 Å². The van der Waals surface area contributed by atoms with Crippen molar-refractivity contribution in [2.45, 2.75) is 0 Å². The van der Waals surface area contributed by atoms with Gasteiger partial charge in [-0.2, -0.15) is 0 Å². The average molecular weight is 528 g/mol. The molecule has 9 heteroatoms. The van der Waals surface area contributed by atoms with Crippen LogP contribution in [0.3, 0.4) is 0 Å². The Hall–Kier alpha value is -3.62. The molecule has 0 radical (unpaired) electrons. The van der Waals surface area contributed by atoms with Gasteiger partial charge in [-0.25, -0.2) is 9.80 Å². The number of ether oxygens (including phenoxy) is 1. The second kappa shape index (κ2) is 9.48. The minimum atomic E-state index is -0.587. The molecule has 1 aliphatic heterocycles. The van der Waals surface area contributed by atoms with Crippen LogP contribution < -0.4 is 10.4 Å². The summed E-state index contributed by atoms with van der Waals surface area (Å²) < 4.78 is 11.6. The van der Waals surface area contributed by atoms with Crippen molar-refractivity contribution < 1.29 is 23.5 Å². The highest BCUT2D eigenvalue weighted by atomic mass is 79.9. The minimum absolute atomic E-state index is 0.0604. The first-order chi connectivity index (χ1) is 15.9. The summed E-state index contributed by atoms with van der Waals surface area (Å²) in [7, 11) is 0. The van der Waals surface area contributed by atoms with Crippen molar-refractivity contribution in [2.24, 2.45) is 0 Å². The van der Waals surface area contributed by atoms with Crippen LogP contribution in [0.4, 0.5) is 5.69 Å². The van der Waals surface area contributed by atoms with E-state index in [4.69, 9.17) is 20.8 Å². The topological polar surface area (TPSA) is 88.9 Å². The summed E-state index contributed by atoms with van der Waals surface area (Å²) in [6, 6.07) is 15.1. The van der Waals surface area contributed by atoms with Gasteiger partial charge in [-0.15, -0.1) is 0 Å². The SMILES string of the molecule is C=CCOC(=O)c1cc(-c2ccc(/C=C3/C(=O)NN(c4cccc(Br)c4)C3=O)o2)ccc1Cl. The molecule has 1 aliphatic rings. The van der Waals surface area contributed by atoms with E-state index in [-0.39, 0.29) is 22.8 Å². The van der Waals surface area contributed by atoms with Gasteiger partial charge in [0.25, 0.3) is 11.8 Å². The number of furan rings is 1. The maximum Gasteiger partial charge on any atom is 0.339 e. The van der Waals surface area contributed by atoms with Gasteiger partial charge < -0.3 is 9.15 Å². The molecule has 0 saturated carbocycles. The summed E-state index contributed by atoms with van der Waals surface area (Å²) >= 11 is 9.47. The van der Waals surface area contributed by atoms with Gasteiger partial charge in [-0.1, -0.05) is 46.3 Å². The first-order valence-corrected chi connectivity index (χ1v) is 10.8. The number of amides is 2. The van der Waals surface area contributed by atoms with E-state index < -0.39 is 17.8 Å². The molecule has 3 aromatic rings. The van der Waals surface area contributed by atoms with Crippen molar-refractivity contribution in [2.75, 3.05) is 11.6 Å². The predicted octanol–water partition coefficient (Wildman–Crippen LogP) is 5.17. The Morgan fingerprint density at radius 2 is 2.00 bits per heavy atom. The molecule has 7 nitrogen and oxygen atoms in total. The van der Waals surface area contributed by atoms with Crippen LogP contribution in [0.1, 0.15) is 16.1 Å². The fourth-order valence-electron chi connectivity index (χ4n) is 3.13. The van der Waals surface area contributed by atoms with E-state index in [1.54, 1.807) is 48.5 Å². The number of hydrazine groups is 1. The Morgan fingerprint density at radius 1 is 1.18 bits per heavy atom. The lowest BCUT2D eigenvalue weighted by atomic mass is 10.1. The zero-order chi connectivity index (χ0) is 23.5. The Morgan fingerprint density at radius 3 is 2.76 bits per heavy atom. The first-order valence-electron chi connectivity index (χ1n) is 9.68. The lowest BCUT2D eigenvalue weighted by molar-refractivity contribution is -0.117. The quantitative estimate of drug-likeness (QED) is 0.207. The number of hydrogen-bond donors (Lipinski definition) is 1. The van der Waals surface area contributed by atoms with Gasteiger partial charge in [0.05, 0.1) is 16.3 Å². The summed E-state index contributed by atoms with van der Waals surface area (Å²) in [5.41, 5.74) is 3.75. The Labute approximate surface area is 202 Å². The number of benzene rings is 2. The molecule has 0 spiro atoms. The third-order valence-corrected chi connectivity index (χ3v) is 5.50. The van der Waals surface area contributed by atoms with Crippen LogP contribution >= 0.6 is 27.5 Å². The molecule has 0 atom stereocenters. The van der Waals surface area contributed by atoms with Crippen LogP contribution in [0.15, 0.2) is 81.7 Å². The van der Waals surface area contributed by atoms with E-state index >= 15 is 0 Å². The summed E-state index contributed by atoms with van der Waals surface area (Å²) in [5, 5.41) is 1.41. The van der Waals surface area contributed by atoms with E-state index in [0.717, 1.165) is 4.47 Å². The van der Waals surface area contributed by atoms with Crippen LogP contribution in [0.2, 0.25) is 5.02 Å². The number of nitrogens with zero attached hydrogens (tertiary/aromatic N) is 1. The Bertz CT molecular complexity index is 1310. The summed E-state index contributed by atoms with van der Waals surface area (Å²) in [6.45, 7) is 3.57. The van der Waals surface area contributed by atoms with E-state index in [1.807, 2.05) is 6.07 Å². The lowest BCUT2D eigenvalue weighted by Crippen LogP contribution is -2.35. The van der Waals surface area contributed by atoms with Crippen molar-refractivity contribution >= 4 is 57.1 Å². The fraction of sp³-hybridized carbons (Fsp3) is 0.0417. The molecule has 2 heterocycles. The molecule has 1 fully saturated rings. The number of nitrogens with one attached hydrogen (secondary N) is 1. The molecule has 0 unspecified atom stereocenters. The molecule has 0 bridgehead atoms. The molecular weight excluding hydrogens is 512 g/mol. The molecule has 1 aromatic heterocycles. The maximum absolute atomic E-state index is 12.8. The molecule has 33 heavy (non-hydrogen) atoms. The van der Waals surface area contributed by atoms with Crippen molar-refractivity contribution in [3.05, 3.63) is 93.6 Å². The number of hydrogen-bond acceptors (Lipinski definition) is 5. The number of carbonyl (C=O) groups is 3. The molecule has 1 saturated heterocycles. The van der Waals surface area contributed by atoms with Gasteiger partial charge in [0, 0.05) is 10.0 Å². The van der Waals surface area contributed by atoms with E-state index in [1.165, 1.54) is 17.2 Å². The number of anilines is 1. The van der Waals surface area contributed by atoms with Gasteiger partial charge in [0.2, 0.25) is 0 Å². The third-order valence-electron chi connectivity index (χ3n) is 4.67. The second-order valence-corrected chi connectivity index (χ2v) is 8.23. The molecule has 2 amide bonds. The molecule has 4 rings (SSSR count). The lowest BCUT2D eigenvalue weighted by Gasteiger charge is -2.14. The van der Waals surface area contributed by atoms with Gasteiger partial charge in [0.15, 0.2) is 0 Å². The Balaban J connectivity index is 1.59. The monoisotopic (exact) mass is 526 g/mol. The minimum Gasteiger partial charge on any atom is -0.458 e. The predicted molar refractivity (Wildman–Crippen MR) is 127 cm³/mol. The number of rotatable bonds is 6. The number of halogens is 2. The second-order valence-electron chi connectivity index (χ2n) is 6.90. The van der Waals surface area contributed by atoms with E-state index in [2.05, 4.69) is 27.9 Å². The molecule has 2 aromatic carbocycles. The van der Waals surface area contributed by atoms with Crippen LogP contribution in [0.5, 0.6) is 0 Å². The molecular formula is C24H16BrClN2O5. The number of esters is 1. The highest BCUT2D eigenvalue weighted by Crippen LogP contribution is 2.29. The molecule has 0 aliphatic carbocycles.